The molecule has 2 aromatic rings. The number of dihydropyridines is 1. The van der Waals surface area contributed by atoms with Crippen LogP contribution in [0.1, 0.15) is 60.5 Å². The fraction of sp³-hybridized carbons (Fsp3) is 0.318. The highest BCUT2D eigenvalue weighted by atomic mass is 16.1. The maximum Gasteiger partial charge on any atom is 0.161 e. The molecule has 1 aromatic carbocycles. The minimum absolute atomic E-state index is 0.124. The number of aryl methyl sites for hydroxylation is 1. The molecule has 3 nitrogen and oxygen atoms in total. The van der Waals surface area contributed by atoms with Gasteiger partial charge in [0.25, 0.3) is 0 Å². The van der Waals surface area contributed by atoms with E-state index in [1.807, 2.05) is 18.3 Å². The summed E-state index contributed by atoms with van der Waals surface area (Å²) in [6.07, 6.45) is 8.22. The number of carbonyl (C=O) groups excluding carboxylic acids is 1. The number of hydrogen-bond acceptors (Lipinski definition) is 2. The summed E-state index contributed by atoms with van der Waals surface area (Å²) in [6, 6.07) is 12.5. The van der Waals surface area contributed by atoms with Crippen LogP contribution < -0.4 is 5.32 Å². The number of carbonyl (C=O) groups is 1. The maximum atomic E-state index is 12.0. The van der Waals surface area contributed by atoms with E-state index in [0.29, 0.717) is 5.92 Å². The van der Waals surface area contributed by atoms with Gasteiger partial charge in [0.2, 0.25) is 0 Å². The first kappa shape index (κ1) is 17.3. The van der Waals surface area contributed by atoms with Gasteiger partial charge in [-0.1, -0.05) is 44.2 Å². The van der Waals surface area contributed by atoms with Crippen LogP contribution in [0.5, 0.6) is 0 Å². The molecule has 0 radical (unpaired) electrons. The minimum Gasteiger partial charge on any atom is -0.381 e. The Labute approximate surface area is 149 Å². The average Bonchev–Trinajstić information content (AvgIpc) is 3.05. The minimum atomic E-state index is 0.124. The molecular weight excluding hydrogens is 308 g/mol. The van der Waals surface area contributed by atoms with Crippen LogP contribution in [0.3, 0.4) is 0 Å². The Morgan fingerprint density at radius 1 is 1.20 bits per heavy atom. The molecule has 3 heteroatoms. The predicted octanol–water partition coefficient (Wildman–Crippen LogP) is 5.05. The lowest BCUT2D eigenvalue weighted by atomic mass is 9.99. The van der Waals surface area contributed by atoms with Gasteiger partial charge in [0.05, 0.1) is 6.04 Å². The fourth-order valence-electron chi connectivity index (χ4n) is 3.15. The molecule has 1 unspecified atom stereocenters. The van der Waals surface area contributed by atoms with Crippen molar-refractivity contribution >= 4 is 11.4 Å². The molecule has 0 aliphatic carbocycles. The predicted molar refractivity (Wildman–Crippen MR) is 103 cm³/mol. The molecule has 2 N–H and O–H groups in total. The standard InChI is InChI=1S/C22H26N2O/c1-15(2)9-10-20-19(16(3)25)14-22(24-20)18-11-12-23-21(13-18)17-7-5-4-6-8-17/h4-8,11-15,21,23-24H,9-10H2,1-3H3. The average molecular weight is 334 g/mol. The number of nitrogens with one attached hydrogen (secondary N) is 2. The lowest BCUT2D eigenvalue weighted by Crippen LogP contribution is -2.16. The Balaban J connectivity index is 1.90. The summed E-state index contributed by atoms with van der Waals surface area (Å²) >= 11 is 0. The quantitative estimate of drug-likeness (QED) is 0.726. The van der Waals surface area contributed by atoms with Gasteiger partial charge in [-0.25, -0.2) is 0 Å². The van der Waals surface area contributed by atoms with Crippen LogP contribution in [0.2, 0.25) is 0 Å². The van der Waals surface area contributed by atoms with E-state index in [4.69, 9.17) is 0 Å². The van der Waals surface area contributed by atoms with E-state index in [-0.39, 0.29) is 11.8 Å². The van der Waals surface area contributed by atoms with Crippen LogP contribution >= 0.6 is 0 Å². The van der Waals surface area contributed by atoms with E-state index in [1.54, 1.807) is 6.92 Å². The first-order valence-corrected chi connectivity index (χ1v) is 8.97. The van der Waals surface area contributed by atoms with Crippen molar-refractivity contribution in [3.8, 4) is 0 Å². The van der Waals surface area contributed by atoms with Gasteiger partial charge in [0, 0.05) is 17.0 Å². The van der Waals surface area contributed by atoms with E-state index in [0.717, 1.165) is 35.4 Å². The Hall–Kier alpha value is -2.55. The number of benzene rings is 1. The third-order valence-corrected chi connectivity index (χ3v) is 4.60. The molecule has 2 heterocycles. The molecule has 0 bridgehead atoms. The molecule has 1 atom stereocenters. The normalized spacial score (nSPS) is 16.6. The van der Waals surface area contributed by atoms with Crippen molar-refractivity contribution in [1.29, 1.82) is 0 Å². The molecule has 1 aliphatic heterocycles. The summed E-state index contributed by atoms with van der Waals surface area (Å²) in [4.78, 5) is 15.5. The molecular formula is C22H26N2O. The van der Waals surface area contributed by atoms with Crippen LogP contribution in [0.15, 0.2) is 54.8 Å². The number of Topliss-reactive ketones (excluding diaryl/α,β-unsaturated/α-hetero) is 1. The second-order valence-corrected chi connectivity index (χ2v) is 7.07. The van der Waals surface area contributed by atoms with Crippen LogP contribution in [0, 0.1) is 5.92 Å². The number of H-pyrrole nitrogens is 1. The summed E-state index contributed by atoms with van der Waals surface area (Å²) in [5.74, 6) is 0.742. The van der Waals surface area contributed by atoms with Gasteiger partial charge < -0.3 is 10.3 Å². The van der Waals surface area contributed by atoms with Gasteiger partial charge in [0.15, 0.2) is 5.78 Å². The van der Waals surface area contributed by atoms with Crippen molar-refractivity contribution in [2.24, 2.45) is 5.92 Å². The number of allylic oxidation sites excluding steroid dienone is 2. The molecule has 1 aromatic heterocycles. The number of ketones is 1. The summed E-state index contributed by atoms with van der Waals surface area (Å²) in [5.41, 5.74) is 5.23. The smallest absolute Gasteiger partial charge is 0.161 e. The third-order valence-electron chi connectivity index (χ3n) is 4.60. The number of hydrogen-bond donors (Lipinski definition) is 2. The highest BCUT2D eigenvalue weighted by Gasteiger charge is 2.17. The molecule has 1 aliphatic rings. The Morgan fingerprint density at radius 3 is 2.64 bits per heavy atom. The van der Waals surface area contributed by atoms with E-state index < -0.39 is 0 Å². The summed E-state index contributed by atoms with van der Waals surface area (Å²) in [5, 5.41) is 3.38. The number of aromatic nitrogens is 1. The topological polar surface area (TPSA) is 44.9 Å². The van der Waals surface area contributed by atoms with Gasteiger partial charge in [-0.3, -0.25) is 4.79 Å². The van der Waals surface area contributed by atoms with Crippen molar-refractivity contribution in [3.63, 3.8) is 0 Å². The van der Waals surface area contributed by atoms with Crippen molar-refractivity contribution in [2.45, 2.75) is 39.7 Å². The monoisotopic (exact) mass is 334 g/mol. The van der Waals surface area contributed by atoms with Crippen LogP contribution in [0.25, 0.3) is 5.57 Å². The second-order valence-electron chi connectivity index (χ2n) is 7.07. The highest BCUT2D eigenvalue weighted by molar-refractivity contribution is 5.96. The number of rotatable bonds is 6. The molecule has 0 saturated heterocycles. The second kappa shape index (κ2) is 7.56. The van der Waals surface area contributed by atoms with Crippen LogP contribution in [0.4, 0.5) is 0 Å². The molecule has 0 fully saturated rings. The van der Waals surface area contributed by atoms with Crippen LogP contribution in [-0.4, -0.2) is 10.8 Å². The largest absolute Gasteiger partial charge is 0.381 e. The fourth-order valence-corrected chi connectivity index (χ4v) is 3.15. The Bertz CT molecular complexity index is 797. The van der Waals surface area contributed by atoms with Gasteiger partial charge >= 0.3 is 0 Å². The van der Waals surface area contributed by atoms with Gasteiger partial charge in [-0.15, -0.1) is 0 Å². The zero-order valence-electron chi connectivity index (χ0n) is 15.2. The Kier molecular flexibility index (Phi) is 5.22. The Morgan fingerprint density at radius 2 is 1.96 bits per heavy atom. The lowest BCUT2D eigenvalue weighted by molar-refractivity contribution is 0.101. The molecule has 0 spiro atoms. The van der Waals surface area contributed by atoms with Crippen molar-refractivity contribution in [1.82, 2.24) is 10.3 Å². The molecule has 0 amide bonds. The first-order valence-electron chi connectivity index (χ1n) is 8.97. The number of aromatic amines is 1. The zero-order valence-corrected chi connectivity index (χ0v) is 15.2. The third kappa shape index (κ3) is 4.11. The molecule has 25 heavy (non-hydrogen) atoms. The van der Waals surface area contributed by atoms with Crippen molar-refractivity contribution < 1.29 is 4.79 Å². The van der Waals surface area contributed by atoms with Gasteiger partial charge in [-0.05, 0) is 61.2 Å². The first-order chi connectivity index (χ1) is 12.0. The van der Waals surface area contributed by atoms with Gasteiger partial charge in [0.1, 0.15) is 0 Å². The zero-order chi connectivity index (χ0) is 17.8. The summed E-state index contributed by atoms with van der Waals surface area (Å²) in [6.45, 7) is 6.06. The van der Waals surface area contributed by atoms with E-state index in [2.05, 4.69) is 60.6 Å². The van der Waals surface area contributed by atoms with Crippen LogP contribution in [-0.2, 0) is 6.42 Å². The molecule has 130 valence electrons. The molecule has 0 saturated carbocycles. The van der Waals surface area contributed by atoms with Crippen molar-refractivity contribution in [2.75, 3.05) is 0 Å². The van der Waals surface area contributed by atoms with Gasteiger partial charge in [-0.2, -0.15) is 0 Å². The van der Waals surface area contributed by atoms with E-state index in [1.165, 1.54) is 5.56 Å². The molecule has 3 rings (SSSR count). The maximum absolute atomic E-state index is 12.0. The summed E-state index contributed by atoms with van der Waals surface area (Å²) < 4.78 is 0. The van der Waals surface area contributed by atoms with E-state index in [9.17, 15) is 4.79 Å². The summed E-state index contributed by atoms with van der Waals surface area (Å²) in [7, 11) is 0. The van der Waals surface area contributed by atoms with Crippen molar-refractivity contribution in [3.05, 3.63) is 77.3 Å². The highest BCUT2D eigenvalue weighted by Crippen LogP contribution is 2.27. The SMILES string of the molecule is CC(=O)c1cc(C2=CC(c3ccccc3)NC=C2)[nH]c1CCC(C)C. The van der Waals surface area contributed by atoms with E-state index >= 15 is 0 Å². The lowest BCUT2D eigenvalue weighted by Gasteiger charge is -2.19.